The van der Waals surface area contributed by atoms with Gasteiger partial charge in [-0.05, 0) is 28.1 Å². The maximum Gasteiger partial charge on any atom is 0.169 e. The van der Waals surface area contributed by atoms with Gasteiger partial charge < -0.3 is 14.9 Å². The summed E-state index contributed by atoms with van der Waals surface area (Å²) in [4.78, 5) is 0. The molecule has 0 saturated heterocycles. The molecule has 0 aliphatic heterocycles. The molecule has 1 atom stereocenters. The van der Waals surface area contributed by atoms with Crippen molar-refractivity contribution in [2.45, 2.75) is 12.6 Å². The molecule has 7 heteroatoms. The molecule has 1 unspecified atom stereocenters. The summed E-state index contributed by atoms with van der Waals surface area (Å²) in [5.74, 6) is 0.628. The van der Waals surface area contributed by atoms with E-state index in [2.05, 4.69) is 21.0 Å². The lowest BCUT2D eigenvalue weighted by molar-refractivity contribution is 0.182. The molecule has 0 saturated carbocycles. The van der Waals surface area contributed by atoms with Crippen molar-refractivity contribution in [1.29, 1.82) is 0 Å². The van der Waals surface area contributed by atoms with Crippen molar-refractivity contribution in [1.82, 2.24) is 9.78 Å². The van der Waals surface area contributed by atoms with E-state index in [0.717, 1.165) is 5.69 Å². The molecule has 2 aromatic rings. The molecular formula is C11H13BrClN3O2. The van der Waals surface area contributed by atoms with Crippen LogP contribution in [0.1, 0.15) is 17.5 Å². The second kappa shape index (κ2) is 5.88. The Bertz CT molecular complexity index is 526. The fourth-order valence-corrected chi connectivity index (χ4v) is 2.25. The van der Waals surface area contributed by atoms with Crippen molar-refractivity contribution >= 4 is 27.5 Å². The molecule has 0 amide bonds. The third-order valence-corrected chi connectivity index (χ3v) is 3.25. The Kier molecular flexibility index (Phi) is 4.45. The van der Waals surface area contributed by atoms with E-state index in [1.54, 1.807) is 30.1 Å². The first-order valence-corrected chi connectivity index (χ1v) is 6.51. The smallest absolute Gasteiger partial charge is 0.169 e. The number of nitrogens with two attached hydrogens (primary N) is 1. The topological polar surface area (TPSA) is 66.2 Å². The molecule has 2 rings (SSSR count). The van der Waals surface area contributed by atoms with Gasteiger partial charge in [0.05, 0.1) is 30.1 Å². The van der Waals surface area contributed by atoms with E-state index in [9.17, 15) is 0 Å². The van der Waals surface area contributed by atoms with Crippen molar-refractivity contribution in [2.24, 2.45) is 5.73 Å². The molecular weight excluding hydrogens is 321 g/mol. The van der Waals surface area contributed by atoms with Gasteiger partial charge in [0.25, 0.3) is 0 Å². The number of furan rings is 1. The first kappa shape index (κ1) is 13.6. The van der Waals surface area contributed by atoms with Gasteiger partial charge in [-0.3, -0.25) is 4.68 Å². The minimum Gasteiger partial charge on any atom is -0.452 e. The zero-order chi connectivity index (χ0) is 13.1. The lowest BCUT2D eigenvalue weighted by Gasteiger charge is -2.12. The van der Waals surface area contributed by atoms with Crippen LogP contribution in [0.5, 0.6) is 0 Å². The summed E-state index contributed by atoms with van der Waals surface area (Å²) >= 11 is 9.36. The number of ether oxygens (including phenoxy) is 1. The standard InChI is InChI=1S/C11H13BrClN3O2/c1-17-5-4-16-11(7(13)6-15-16)10(14)8-2-3-9(12)18-8/h2-3,6,10H,4-5,14H2,1H3. The summed E-state index contributed by atoms with van der Waals surface area (Å²) in [5.41, 5.74) is 6.86. The normalized spacial score (nSPS) is 12.9. The van der Waals surface area contributed by atoms with Crippen molar-refractivity contribution in [3.63, 3.8) is 0 Å². The number of methoxy groups -OCH3 is 1. The molecule has 2 heterocycles. The number of rotatable bonds is 5. The molecule has 2 N–H and O–H groups in total. The zero-order valence-electron chi connectivity index (χ0n) is 9.77. The van der Waals surface area contributed by atoms with E-state index >= 15 is 0 Å². The van der Waals surface area contributed by atoms with Crippen molar-refractivity contribution in [2.75, 3.05) is 13.7 Å². The van der Waals surface area contributed by atoms with E-state index in [-0.39, 0.29) is 0 Å². The number of nitrogens with zero attached hydrogens (tertiary/aromatic N) is 2. The van der Waals surface area contributed by atoms with Crippen LogP contribution in [0.25, 0.3) is 0 Å². The van der Waals surface area contributed by atoms with Gasteiger partial charge in [0.1, 0.15) is 11.8 Å². The highest BCUT2D eigenvalue weighted by Gasteiger charge is 2.21. The molecule has 2 aromatic heterocycles. The lowest BCUT2D eigenvalue weighted by atomic mass is 10.1. The third-order valence-electron chi connectivity index (χ3n) is 2.54. The Morgan fingerprint density at radius 2 is 2.39 bits per heavy atom. The molecule has 98 valence electrons. The maximum atomic E-state index is 6.15. The van der Waals surface area contributed by atoms with E-state index in [0.29, 0.717) is 28.6 Å². The van der Waals surface area contributed by atoms with E-state index in [1.807, 2.05) is 0 Å². The van der Waals surface area contributed by atoms with Gasteiger partial charge in [0.2, 0.25) is 0 Å². The summed E-state index contributed by atoms with van der Waals surface area (Å²) in [6.07, 6.45) is 1.57. The predicted molar refractivity (Wildman–Crippen MR) is 71.6 cm³/mol. The van der Waals surface area contributed by atoms with Gasteiger partial charge in [-0.2, -0.15) is 5.10 Å². The van der Waals surface area contributed by atoms with Gasteiger partial charge in [0.15, 0.2) is 4.67 Å². The molecule has 0 spiro atoms. The van der Waals surface area contributed by atoms with Crippen LogP contribution in [0.15, 0.2) is 27.4 Å². The van der Waals surface area contributed by atoms with Crippen molar-refractivity contribution in [3.8, 4) is 0 Å². The molecule has 18 heavy (non-hydrogen) atoms. The summed E-state index contributed by atoms with van der Waals surface area (Å²) in [7, 11) is 1.63. The highest BCUT2D eigenvalue weighted by molar-refractivity contribution is 9.10. The highest BCUT2D eigenvalue weighted by Crippen LogP contribution is 2.28. The first-order chi connectivity index (χ1) is 8.63. The Morgan fingerprint density at radius 3 is 3.00 bits per heavy atom. The SMILES string of the molecule is COCCn1ncc(Cl)c1C(N)c1ccc(Br)o1. The number of hydrogen-bond acceptors (Lipinski definition) is 4. The van der Waals surface area contributed by atoms with Crippen LogP contribution in [0.2, 0.25) is 5.02 Å². The van der Waals surface area contributed by atoms with E-state index in [1.165, 1.54) is 0 Å². The molecule has 0 fully saturated rings. The Labute approximate surface area is 118 Å². The van der Waals surface area contributed by atoms with Gasteiger partial charge in [0, 0.05) is 7.11 Å². The van der Waals surface area contributed by atoms with Crippen LogP contribution in [-0.2, 0) is 11.3 Å². The minimum absolute atomic E-state index is 0.455. The number of halogens is 2. The minimum atomic E-state index is -0.455. The van der Waals surface area contributed by atoms with Gasteiger partial charge in [-0.1, -0.05) is 11.6 Å². The zero-order valence-corrected chi connectivity index (χ0v) is 12.1. The van der Waals surface area contributed by atoms with Gasteiger partial charge in [-0.25, -0.2) is 0 Å². The monoisotopic (exact) mass is 333 g/mol. The molecule has 0 aromatic carbocycles. The summed E-state index contributed by atoms with van der Waals surface area (Å²) in [6.45, 7) is 1.13. The Hall–Kier alpha value is -0.820. The van der Waals surface area contributed by atoms with Gasteiger partial charge >= 0.3 is 0 Å². The lowest BCUT2D eigenvalue weighted by Crippen LogP contribution is -2.19. The summed E-state index contributed by atoms with van der Waals surface area (Å²) < 4.78 is 12.8. The van der Waals surface area contributed by atoms with Gasteiger partial charge in [-0.15, -0.1) is 0 Å². The average molecular weight is 335 g/mol. The summed E-state index contributed by atoms with van der Waals surface area (Å²) in [6, 6.07) is 3.14. The van der Waals surface area contributed by atoms with Crippen LogP contribution >= 0.6 is 27.5 Å². The van der Waals surface area contributed by atoms with Crippen LogP contribution in [-0.4, -0.2) is 23.5 Å². The quantitative estimate of drug-likeness (QED) is 0.912. The molecule has 0 bridgehead atoms. The summed E-state index contributed by atoms with van der Waals surface area (Å²) in [5, 5.41) is 4.70. The van der Waals surface area contributed by atoms with Crippen LogP contribution in [0, 0.1) is 0 Å². The first-order valence-electron chi connectivity index (χ1n) is 5.34. The predicted octanol–water partition coefficient (Wildman–Crippen LogP) is 2.59. The number of hydrogen-bond donors (Lipinski definition) is 1. The third kappa shape index (κ3) is 2.77. The van der Waals surface area contributed by atoms with Crippen LogP contribution < -0.4 is 5.73 Å². The van der Waals surface area contributed by atoms with Crippen LogP contribution in [0.4, 0.5) is 0 Å². The van der Waals surface area contributed by atoms with Crippen molar-refractivity contribution < 1.29 is 9.15 Å². The van der Waals surface area contributed by atoms with Crippen LogP contribution in [0.3, 0.4) is 0 Å². The highest BCUT2D eigenvalue weighted by atomic mass is 79.9. The second-order valence-electron chi connectivity index (χ2n) is 3.71. The largest absolute Gasteiger partial charge is 0.452 e. The molecule has 0 aliphatic rings. The molecule has 0 aliphatic carbocycles. The number of aromatic nitrogens is 2. The second-order valence-corrected chi connectivity index (χ2v) is 4.90. The van der Waals surface area contributed by atoms with E-state index < -0.39 is 6.04 Å². The van der Waals surface area contributed by atoms with E-state index in [4.69, 9.17) is 26.5 Å². The Morgan fingerprint density at radius 1 is 1.61 bits per heavy atom. The van der Waals surface area contributed by atoms with Crippen molar-refractivity contribution in [3.05, 3.63) is 39.5 Å². The fourth-order valence-electron chi connectivity index (χ4n) is 1.67. The maximum absolute atomic E-state index is 6.15. The average Bonchev–Trinajstić information content (AvgIpc) is 2.92. The Balaban J connectivity index is 2.28. The molecule has 5 nitrogen and oxygen atoms in total. The fraction of sp³-hybridized carbons (Fsp3) is 0.364. The molecule has 0 radical (unpaired) electrons.